The average molecular weight is 235 g/mol. The molecule has 0 bridgehead atoms. The van der Waals surface area contributed by atoms with Crippen LogP contribution in [-0.4, -0.2) is 13.2 Å². The molecule has 17 heavy (non-hydrogen) atoms. The molecule has 0 amide bonds. The summed E-state index contributed by atoms with van der Waals surface area (Å²) in [7, 11) is 0. The quantitative estimate of drug-likeness (QED) is 0.876. The molecule has 2 fully saturated rings. The molecular weight excluding hydrogens is 214 g/mol. The maximum absolute atomic E-state index is 6.11. The number of hydrogen-bond acceptors (Lipinski definition) is 3. The SMILES string of the molecule is NCc1cc(C2CCOCC2)oc1C1CCC1. The van der Waals surface area contributed by atoms with Gasteiger partial charge in [-0.2, -0.15) is 0 Å². The van der Waals surface area contributed by atoms with Crippen LogP contribution in [0.3, 0.4) is 0 Å². The lowest BCUT2D eigenvalue weighted by Gasteiger charge is -2.24. The molecule has 1 saturated heterocycles. The van der Waals surface area contributed by atoms with E-state index in [1.54, 1.807) is 0 Å². The van der Waals surface area contributed by atoms with Gasteiger partial charge in [0.05, 0.1) is 0 Å². The third kappa shape index (κ3) is 2.14. The first kappa shape index (κ1) is 11.3. The van der Waals surface area contributed by atoms with Crippen LogP contribution in [0.15, 0.2) is 10.5 Å². The zero-order valence-corrected chi connectivity index (χ0v) is 10.3. The number of rotatable bonds is 3. The topological polar surface area (TPSA) is 48.4 Å². The Labute approximate surface area is 102 Å². The number of hydrogen-bond donors (Lipinski definition) is 1. The van der Waals surface area contributed by atoms with Crippen molar-refractivity contribution in [1.82, 2.24) is 0 Å². The Kier molecular flexibility index (Phi) is 3.21. The average Bonchev–Trinajstić information content (AvgIpc) is 2.72. The van der Waals surface area contributed by atoms with Gasteiger partial charge in [-0.15, -0.1) is 0 Å². The van der Waals surface area contributed by atoms with Gasteiger partial charge in [0.2, 0.25) is 0 Å². The minimum atomic E-state index is 0.544. The molecule has 0 aromatic carbocycles. The molecule has 3 nitrogen and oxygen atoms in total. The fourth-order valence-corrected chi connectivity index (χ4v) is 2.82. The van der Waals surface area contributed by atoms with Gasteiger partial charge in [-0.1, -0.05) is 6.42 Å². The Morgan fingerprint density at radius 2 is 1.88 bits per heavy atom. The number of nitrogens with two attached hydrogens (primary N) is 1. The molecule has 1 aliphatic heterocycles. The standard InChI is InChI=1S/C14H21NO2/c15-9-12-8-13(10-4-6-16-7-5-10)17-14(12)11-2-1-3-11/h8,10-11H,1-7,9,15H2. The molecule has 3 heteroatoms. The Balaban J connectivity index is 1.81. The lowest BCUT2D eigenvalue weighted by Crippen LogP contribution is -2.13. The van der Waals surface area contributed by atoms with Crippen LogP contribution in [0.2, 0.25) is 0 Å². The molecule has 1 aromatic heterocycles. The molecule has 0 unspecified atom stereocenters. The maximum atomic E-state index is 6.11. The van der Waals surface area contributed by atoms with E-state index in [0.29, 0.717) is 18.4 Å². The van der Waals surface area contributed by atoms with E-state index in [1.165, 1.54) is 30.6 Å². The summed E-state index contributed by atoms with van der Waals surface area (Å²) in [5.41, 5.74) is 7.06. The summed E-state index contributed by atoms with van der Waals surface area (Å²) in [5.74, 6) is 3.51. The summed E-state index contributed by atoms with van der Waals surface area (Å²) >= 11 is 0. The fraction of sp³-hybridized carbons (Fsp3) is 0.714. The Hall–Kier alpha value is -0.800. The summed E-state index contributed by atoms with van der Waals surface area (Å²) in [6.45, 7) is 2.34. The van der Waals surface area contributed by atoms with Crippen molar-refractivity contribution < 1.29 is 9.15 Å². The molecule has 2 N–H and O–H groups in total. The lowest BCUT2D eigenvalue weighted by molar-refractivity contribution is 0.0800. The van der Waals surface area contributed by atoms with Gasteiger partial charge in [0.25, 0.3) is 0 Å². The van der Waals surface area contributed by atoms with Crippen molar-refractivity contribution >= 4 is 0 Å². The molecular formula is C14H21NO2. The highest BCUT2D eigenvalue weighted by Gasteiger charge is 2.28. The van der Waals surface area contributed by atoms with E-state index < -0.39 is 0 Å². The van der Waals surface area contributed by atoms with Gasteiger partial charge in [-0.05, 0) is 31.7 Å². The van der Waals surface area contributed by atoms with Crippen molar-refractivity contribution in [2.45, 2.75) is 50.5 Å². The smallest absolute Gasteiger partial charge is 0.111 e. The Bertz CT molecular complexity index is 376. The molecule has 3 rings (SSSR count). The molecule has 94 valence electrons. The predicted octanol–water partition coefficient (Wildman–Crippen LogP) is 2.90. The molecule has 0 radical (unpaired) electrons. The van der Waals surface area contributed by atoms with Crippen LogP contribution in [0.25, 0.3) is 0 Å². The molecule has 0 spiro atoms. The van der Waals surface area contributed by atoms with Crippen LogP contribution < -0.4 is 5.73 Å². The van der Waals surface area contributed by atoms with Gasteiger partial charge in [0, 0.05) is 37.2 Å². The maximum Gasteiger partial charge on any atom is 0.111 e. The highest BCUT2D eigenvalue weighted by Crippen LogP contribution is 2.41. The summed E-state index contributed by atoms with van der Waals surface area (Å²) in [6.07, 6.45) is 6.05. The molecule has 2 aliphatic rings. The van der Waals surface area contributed by atoms with E-state index in [1.807, 2.05) is 0 Å². The third-order valence-electron chi connectivity index (χ3n) is 4.18. The zero-order chi connectivity index (χ0) is 11.7. The van der Waals surface area contributed by atoms with Gasteiger partial charge in [0.1, 0.15) is 11.5 Å². The largest absolute Gasteiger partial charge is 0.465 e. The molecule has 2 heterocycles. The van der Waals surface area contributed by atoms with Crippen LogP contribution in [0.5, 0.6) is 0 Å². The molecule has 1 saturated carbocycles. The van der Waals surface area contributed by atoms with Crippen molar-refractivity contribution in [3.63, 3.8) is 0 Å². The summed E-state index contributed by atoms with van der Waals surface area (Å²) in [5, 5.41) is 0. The van der Waals surface area contributed by atoms with Crippen molar-refractivity contribution in [2.75, 3.05) is 13.2 Å². The molecule has 1 aromatic rings. The van der Waals surface area contributed by atoms with Crippen molar-refractivity contribution in [3.05, 3.63) is 23.2 Å². The van der Waals surface area contributed by atoms with Crippen LogP contribution >= 0.6 is 0 Å². The van der Waals surface area contributed by atoms with E-state index in [4.69, 9.17) is 14.9 Å². The first-order valence-electron chi connectivity index (χ1n) is 6.79. The second kappa shape index (κ2) is 4.83. The molecule has 1 aliphatic carbocycles. The second-order valence-electron chi connectivity index (χ2n) is 5.26. The third-order valence-corrected chi connectivity index (χ3v) is 4.18. The van der Waals surface area contributed by atoms with Gasteiger partial charge in [0.15, 0.2) is 0 Å². The monoisotopic (exact) mass is 235 g/mol. The molecule has 0 atom stereocenters. The van der Waals surface area contributed by atoms with Crippen molar-refractivity contribution in [3.8, 4) is 0 Å². The minimum Gasteiger partial charge on any atom is -0.465 e. The van der Waals surface area contributed by atoms with Gasteiger partial charge in [-0.3, -0.25) is 0 Å². The first-order valence-corrected chi connectivity index (χ1v) is 6.79. The van der Waals surface area contributed by atoms with E-state index in [-0.39, 0.29) is 0 Å². The normalized spacial score (nSPS) is 22.6. The zero-order valence-electron chi connectivity index (χ0n) is 10.3. The van der Waals surface area contributed by atoms with Crippen LogP contribution in [0, 0.1) is 0 Å². The van der Waals surface area contributed by atoms with Crippen LogP contribution in [-0.2, 0) is 11.3 Å². The van der Waals surface area contributed by atoms with Crippen molar-refractivity contribution in [2.24, 2.45) is 5.73 Å². The number of ether oxygens (including phenoxy) is 1. The van der Waals surface area contributed by atoms with Crippen molar-refractivity contribution in [1.29, 1.82) is 0 Å². The van der Waals surface area contributed by atoms with E-state index in [0.717, 1.165) is 31.8 Å². The highest BCUT2D eigenvalue weighted by molar-refractivity contribution is 5.27. The Morgan fingerprint density at radius 3 is 2.47 bits per heavy atom. The Morgan fingerprint density at radius 1 is 1.12 bits per heavy atom. The van der Waals surface area contributed by atoms with Gasteiger partial charge in [-0.25, -0.2) is 0 Å². The van der Waals surface area contributed by atoms with E-state index in [2.05, 4.69) is 6.07 Å². The second-order valence-corrected chi connectivity index (χ2v) is 5.26. The van der Waals surface area contributed by atoms with E-state index >= 15 is 0 Å². The number of furan rings is 1. The minimum absolute atomic E-state index is 0.544. The fourth-order valence-electron chi connectivity index (χ4n) is 2.82. The first-order chi connectivity index (χ1) is 8.38. The van der Waals surface area contributed by atoms with Gasteiger partial charge < -0.3 is 14.9 Å². The summed E-state index contributed by atoms with van der Waals surface area (Å²) in [4.78, 5) is 0. The van der Waals surface area contributed by atoms with Gasteiger partial charge >= 0.3 is 0 Å². The van der Waals surface area contributed by atoms with E-state index in [9.17, 15) is 0 Å². The lowest BCUT2D eigenvalue weighted by atomic mass is 9.82. The summed E-state index contributed by atoms with van der Waals surface area (Å²) in [6, 6.07) is 2.20. The summed E-state index contributed by atoms with van der Waals surface area (Å²) < 4.78 is 11.5. The van der Waals surface area contributed by atoms with Crippen LogP contribution in [0.4, 0.5) is 0 Å². The highest BCUT2D eigenvalue weighted by atomic mass is 16.5. The van der Waals surface area contributed by atoms with Crippen LogP contribution in [0.1, 0.15) is 61.0 Å². The predicted molar refractivity (Wildman–Crippen MR) is 66.0 cm³/mol.